The van der Waals surface area contributed by atoms with Gasteiger partial charge in [-0.25, -0.2) is 4.79 Å². The first-order valence-electron chi connectivity index (χ1n) is 5.95. The van der Waals surface area contributed by atoms with Crippen molar-refractivity contribution in [2.24, 2.45) is 13.0 Å². The van der Waals surface area contributed by atoms with Gasteiger partial charge in [0.05, 0.1) is 18.5 Å². The van der Waals surface area contributed by atoms with E-state index in [1.165, 1.54) is 0 Å². The monoisotopic (exact) mass is 239 g/mol. The Balaban J connectivity index is 2.69. The van der Waals surface area contributed by atoms with E-state index in [4.69, 9.17) is 4.74 Å². The molecule has 0 radical (unpaired) electrons. The minimum atomic E-state index is -0.304. The lowest BCUT2D eigenvalue weighted by molar-refractivity contribution is 0.0524. The highest BCUT2D eigenvalue weighted by Gasteiger charge is 2.16. The first kappa shape index (κ1) is 13.7. The second-order valence-corrected chi connectivity index (χ2v) is 4.37. The molecule has 1 aromatic rings. The molecule has 0 saturated carbocycles. The Hall–Kier alpha value is -1.36. The van der Waals surface area contributed by atoms with Gasteiger partial charge in [0.25, 0.3) is 0 Å². The van der Waals surface area contributed by atoms with Crippen LogP contribution in [0.2, 0.25) is 0 Å². The molecular weight excluding hydrogens is 218 g/mol. The SMILES string of the molecule is CCOC(=O)c1cnn(C)c1CNCC(C)C. The quantitative estimate of drug-likeness (QED) is 0.761. The van der Waals surface area contributed by atoms with Crippen molar-refractivity contribution in [3.05, 3.63) is 17.5 Å². The second kappa shape index (κ2) is 6.39. The zero-order chi connectivity index (χ0) is 12.8. The molecule has 0 aliphatic heterocycles. The van der Waals surface area contributed by atoms with Gasteiger partial charge < -0.3 is 10.1 Å². The number of aromatic nitrogens is 2. The summed E-state index contributed by atoms with van der Waals surface area (Å²) in [7, 11) is 1.83. The molecule has 0 amide bonds. The summed E-state index contributed by atoms with van der Waals surface area (Å²) in [6, 6.07) is 0. The van der Waals surface area contributed by atoms with E-state index >= 15 is 0 Å². The van der Waals surface area contributed by atoms with E-state index in [-0.39, 0.29) is 5.97 Å². The molecule has 17 heavy (non-hydrogen) atoms. The molecule has 1 aromatic heterocycles. The largest absolute Gasteiger partial charge is 0.462 e. The van der Waals surface area contributed by atoms with Gasteiger partial charge in [-0.1, -0.05) is 13.8 Å². The Morgan fingerprint density at radius 3 is 2.88 bits per heavy atom. The third-order valence-corrected chi connectivity index (χ3v) is 2.40. The Kier molecular flexibility index (Phi) is 5.15. The number of nitrogens with zero attached hydrogens (tertiary/aromatic N) is 2. The van der Waals surface area contributed by atoms with Gasteiger partial charge in [-0.3, -0.25) is 4.68 Å². The van der Waals surface area contributed by atoms with E-state index < -0.39 is 0 Å². The summed E-state index contributed by atoms with van der Waals surface area (Å²) in [5, 5.41) is 7.39. The number of aryl methyl sites for hydroxylation is 1. The standard InChI is InChI=1S/C12H21N3O2/c1-5-17-12(16)10-7-14-15(4)11(10)8-13-6-9(2)3/h7,9,13H,5-6,8H2,1-4H3. The number of nitrogens with one attached hydrogen (secondary N) is 1. The molecule has 0 spiro atoms. The molecule has 1 rings (SSSR count). The predicted molar refractivity (Wildman–Crippen MR) is 65.7 cm³/mol. The predicted octanol–water partition coefficient (Wildman–Crippen LogP) is 1.34. The minimum Gasteiger partial charge on any atom is -0.462 e. The molecule has 5 heteroatoms. The van der Waals surface area contributed by atoms with E-state index in [0.717, 1.165) is 12.2 Å². The molecule has 0 aliphatic carbocycles. The maximum atomic E-state index is 11.7. The molecule has 0 aliphatic rings. The summed E-state index contributed by atoms with van der Waals surface area (Å²) >= 11 is 0. The van der Waals surface area contributed by atoms with Gasteiger partial charge in [0.2, 0.25) is 0 Å². The first-order valence-corrected chi connectivity index (χ1v) is 5.95. The van der Waals surface area contributed by atoms with Crippen LogP contribution in [0.25, 0.3) is 0 Å². The maximum Gasteiger partial charge on any atom is 0.341 e. The lowest BCUT2D eigenvalue weighted by Crippen LogP contribution is -2.22. The number of hydrogen-bond donors (Lipinski definition) is 1. The lowest BCUT2D eigenvalue weighted by Gasteiger charge is -2.09. The highest BCUT2D eigenvalue weighted by molar-refractivity contribution is 5.90. The first-order chi connectivity index (χ1) is 8.06. The number of rotatable bonds is 6. The van der Waals surface area contributed by atoms with Crippen LogP contribution in [0.4, 0.5) is 0 Å². The normalized spacial score (nSPS) is 10.9. The summed E-state index contributed by atoms with van der Waals surface area (Å²) in [6.45, 7) is 8.00. The highest BCUT2D eigenvalue weighted by atomic mass is 16.5. The van der Waals surface area contributed by atoms with Crippen LogP contribution in [0.1, 0.15) is 36.8 Å². The van der Waals surface area contributed by atoms with Gasteiger partial charge in [-0.2, -0.15) is 5.10 Å². The van der Waals surface area contributed by atoms with Crippen molar-refractivity contribution in [3.63, 3.8) is 0 Å². The number of esters is 1. The molecule has 0 bridgehead atoms. The molecule has 96 valence electrons. The van der Waals surface area contributed by atoms with E-state index in [1.807, 2.05) is 7.05 Å². The Morgan fingerprint density at radius 2 is 2.29 bits per heavy atom. The van der Waals surface area contributed by atoms with Crippen molar-refractivity contribution in [2.45, 2.75) is 27.3 Å². The molecular formula is C12H21N3O2. The van der Waals surface area contributed by atoms with E-state index in [2.05, 4.69) is 24.3 Å². The van der Waals surface area contributed by atoms with Gasteiger partial charge in [0, 0.05) is 13.6 Å². The van der Waals surface area contributed by atoms with E-state index in [1.54, 1.807) is 17.8 Å². The van der Waals surface area contributed by atoms with Gasteiger partial charge in [-0.15, -0.1) is 0 Å². The molecule has 0 fully saturated rings. The number of ether oxygens (including phenoxy) is 1. The Labute approximate surface area is 102 Å². The molecule has 0 aromatic carbocycles. The summed E-state index contributed by atoms with van der Waals surface area (Å²) in [5.74, 6) is 0.274. The van der Waals surface area contributed by atoms with Crippen LogP contribution >= 0.6 is 0 Å². The zero-order valence-corrected chi connectivity index (χ0v) is 11.0. The molecule has 5 nitrogen and oxygen atoms in total. The molecule has 1 N–H and O–H groups in total. The van der Waals surface area contributed by atoms with Crippen molar-refractivity contribution >= 4 is 5.97 Å². The topological polar surface area (TPSA) is 56.1 Å². The summed E-state index contributed by atoms with van der Waals surface area (Å²) in [4.78, 5) is 11.7. The van der Waals surface area contributed by atoms with Crippen LogP contribution in [-0.2, 0) is 18.3 Å². The fourth-order valence-electron chi connectivity index (χ4n) is 1.53. The maximum absolute atomic E-state index is 11.7. The number of carbonyl (C=O) groups is 1. The molecule has 0 saturated heterocycles. The summed E-state index contributed by atoms with van der Waals surface area (Å²) in [5.41, 5.74) is 1.41. The Morgan fingerprint density at radius 1 is 1.59 bits per heavy atom. The van der Waals surface area contributed by atoms with Gasteiger partial charge >= 0.3 is 5.97 Å². The fraction of sp³-hybridized carbons (Fsp3) is 0.667. The third kappa shape index (κ3) is 3.85. The van der Waals surface area contributed by atoms with Crippen LogP contribution in [-0.4, -0.2) is 28.9 Å². The lowest BCUT2D eigenvalue weighted by atomic mass is 10.2. The van der Waals surface area contributed by atoms with Gasteiger partial charge in [-0.05, 0) is 19.4 Å². The van der Waals surface area contributed by atoms with Crippen LogP contribution in [0.5, 0.6) is 0 Å². The van der Waals surface area contributed by atoms with Crippen LogP contribution in [0, 0.1) is 5.92 Å². The smallest absolute Gasteiger partial charge is 0.341 e. The third-order valence-electron chi connectivity index (χ3n) is 2.40. The van der Waals surface area contributed by atoms with E-state index in [9.17, 15) is 4.79 Å². The molecule has 0 unspecified atom stereocenters. The average Bonchev–Trinajstić information content (AvgIpc) is 2.60. The van der Waals surface area contributed by atoms with Crippen LogP contribution in [0.3, 0.4) is 0 Å². The van der Waals surface area contributed by atoms with Crippen LogP contribution in [0.15, 0.2) is 6.20 Å². The van der Waals surface area contributed by atoms with Gasteiger partial charge in [0.15, 0.2) is 0 Å². The summed E-state index contributed by atoms with van der Waals surface area (Å²) < 4.78 is 6.70. The highest BCUT2D eigenvalue weighted by Crippen LogP contribution is 2.09. The minimum absolute atomic E-state index is 0.304. The zero-order valence-electron chi connectivity index (χ0n) is 11.0. The average molecular weight is 239 g/mol. The summed E-state index contributed by atoms with van der Waals surface area (Å²) in [6.07, 6.45) is 1.56. The van der Waals surface area contributed by atoms with Crippen LogP contribution < -0.4 is 5.32 Å². The van der Waals surface area contributed by atoms with Gasteiger partial charge in [0.1, 0.15) is 5.56 Å². The number of carbonyl (C=O) groups excluding carboxylic acids is 1. The van der Waals surface area contributed by atoms with Crippen molar-refractivity contribution in [2.75, 3.05) is 13.2 Å². The van der Waals surface area contributed by atoms with Crippen molar-refractivity contribution in [1.82, 2.24) is 15.1 Å². The Bertz CT molecular complexity index is 372. The number of hydrogen-bond acceptors (Lipinski definition) is 4. The van der Waals surface area contributed by atoms with E-state index in [0.29, 0.717) is 24.6 Å². The second-order valence-electron chi connectivity index (χ2n) is 4.37. The van der Waals surface area contributed by atoms with Crippen molar-refractivity contribution < 1.29 is 9.53 Å². The van der Waals surface area contributed by atoms with Crippen molar-refractivity contribution in [1.29, 1.82) is 0 Å². The van der Waals surface area contributed by atoms with Crippen molar-refractivity contribution in [3.8, 4) is 0 Å². The fourth-order valence-corrected chi connectivity index (χ4v) is 1.53. The molecule has 1 heterocycles. The molecule has 0 atom stereocenters.